The van der Waals surface area contributed by atoms with Crippen molar-refractivity contribution in [1.29, 1.82) is 0 Å². The lowest BCUT2D eigenvalue weighted by atomic mass is 10.1. The molecule has 31 heavy (non-hydrogen) atoms. The second-order valence-corrected chi connectivity index (χ2v) is 11.7. The van der Waals surface area contributed by atoms with Crippen LogP contribution in [0.3, 0.4) is 0 Å². The van der Waals surface area contributed by atoms with Gasteiger partial charge in [0.1, 0.15) is 0 Å². The Morgan fingerprint density at radius 1 is 1.29 bits per heavy atom. The maximum absolute atomic E-state index is 13.2. The van der Waals surface area contributed by atoms with Gasteiger partial charge in [-0.25, -0.2) is 8.42 Å². The second-order valence-electron chi connectivity index (χ2n) is 7.54. The van der Waals surface area contributed by atoms with E-state index < -0.39 is 9.84 Å². The number of hydrogen-bond donors (Lipinski definition) is 0. The van der Waals surface area contributed by atoms with Crippen molar-refractivity contribution < 1.29 is 13.2 Å². The van der Waals surface area contributed by atoms with Gasteiger partial charge in [-0.05, 0) is 59.3 Å². The first-order valence-corrected chi connectivity index (χ1v) is 13.5. The predicted octanol–water partition coefficient (Wildman–Crippen LogP) is 2.65. The van der Waals surface area contributed by atoms with Gasteiger partial charge < -0.3 is 4.90 Å². The lowest BCUT2D eigenvalue weighted by Crippen LogP contribution is -2.41. The molecule has 3 aromatic rings. The van der Waals surface area contributed by atoms with E-state index in [9.17, 15) is 13.2 Å². The first kappa shape index (κ1) is 22.0. The van der Waals surface area contributed by atoms with E-state index in [1.165, 1.54) is 11.8 Å². The van der Waals surface area contributed by atoms with Crippen molar-refractivity contribution in [3.63, 3.8) is 0 Å². The molecule has 0 radical (unpaired) electrons. The molecule has 11 heteroatoms. The van der Waals surface area contributed by atoms with Crippen molar-refractivity contribution >= 4 is 38.8 Å². The molecule has 0 saturated carbocycles. The number of carbonyl (C=O) groups is 1. The fourth-order valence-corrected chi connectivity index (χ4v) is 6.81. The fraction of sp³-hybridized carbons (Fsp3) is 0.400. The Hall–Kier alpha value is -2.24. The quantitative estimate of drug-likeness (QED) is 0.483. The van der Waals surface area contributed by atoms with Gasteiger partial charge in [-0.2, -0.15) is 4.68 Å². The predicted molar refractivity (Wildman–Crippen MR) is 121 cm³/mol. The molecule has 164 valence electrons. The number of aryl methyl sites for hydroxylation is 1. The Labute approximate surface area is 189 Å². The Kier molecular flexibility index (Phi) is 6.44. The SMILES string of the molecule is Cc1cccc(-n2nnnc2SCC(=O)N(Cc2cccs2)C2CCS(=O)(=O)C2)c1C. The average molecular weight is 478 g/mol. The monoisotopic (exact) mass is 477 g/mol. The first-order chi connectivity index (χ1) is 14.8. The highest BCUT2D eigenvalue weighted by molar-refractivity contribution is 7.99. The van der Waals surface area contributed by atoms with Crippen molar-refractivity contribution in [3.8, 4) is 5.69 Å². The minimum absolute atomic E-state index is 0.0228. The standard InChI is InChI=1S/C20H23N5O3S3/c1-14-5-3-7-18(15(14)2)25-20(21-22-23-25)30-12-19(26)24(11-17-6-4-9-29-17)16-8-10-31(27,28)13-16/h3-7,9,16H,8,10-13H2,1-2H3. The normalized spacial score (nSPS) is 17.7. The molecule has 0 aliphatic carbocycles. The van der Waals surface area contributed by atoms with Crippen LogP contribution in [0.2, 0.25) is 0 Å². The van der Waals surface area contributed by atoms with Gasteiger partial charge in [-0.15, -0.1) is 16.4 Å². The zero-order valence-corrected chi connectivity index (χ0v) is 19.7. The molecule has 0 bridgehead atoms. The molecule has 1 unspecified atom stereocenters. The third-order valence-electron chi connectivity index (χ3n) is 5.45. The number of tetrazole rings is 1. The van der Waals surface area contributed by atoms with Gasteiger partial charge in [-0.3, -0.25) is 4.79 Å². The number of aromatic nitrogens is 4. The van der Waals surface area contributed by atoms with Gasteiger partial charge in [0.25, 0.3) is 0 Å². The summed E-state index contributed by atoms with van der Waals surface area (Å²) in [4.78, 5) is 15.9. The Morgan fingerprint density at radius 2 is 2.13 bits per heavy atom. The number of thioether (sulfide) groups is 1. The van der Waals surface area contributed by atoms with Gasteiger partial charge in [-0.1, -0.05) is 30.0 Å². The van der Waals surface area contributed by atoms with Crippen LogP contribution in [0.1, 0.15) is 22.4 Å². The smallest absolute Gasteiger partial charge is 0.233 e. The summed E-state index contributed by atoms with van der Waals surface area (Å²) in [6.07, 6.45) is 0.477. The molecule has 2 aromatic heterocycles. The van der Waals surface area contributed by atoms with Crippen LogP contribution in [0, 0.1) is 13.8 Å². The maximum Gasteiger partial charge on any atom is 0.233 e. The summed E-state index contributed by atoms with van der Waals surface area (Å²) < 4.78 is 25.7. The zero-order chi connectivity index (χ0) is 22.0. The molecule has 1 saturated heterocycles. The molecule has 1 aliphatic heterocycles. The third kappa shape index (κ3) is 4.99. The van der Waals surface area contributed by atoms with Crippen molar-refractivity contribution in [1.82, 2.24) is 25.1 Å². The summed E-state index contributed by atoms with van der Waals surface area (Å²) in [5.41, 5.74) is 3.07. The van der Waals surface area contributed by atoms with Crippen LogP contribution in [0.15, 0.2) is 40.9 Å². The molecule has 1 amide bonds. The minimum Gasteiger partial charge on any atom is -0.333 e. The maximum atomic E-state index is 13.2. The Bertz CT molecular complexity index is 1170. The van der Waals surface area contributed by atoms with Crippen LogP contribution < -0.4 is 0 Å². The summed E-state index contributed by atoms with van der Waals surface area (Å²) >= 11 is 2.82. The van der Waals surface area contributed by atoms with Crippen molar-refractivity contribution in [2.75, 3.05) is 17.3 Å². The van der Waals surface area contributed by atoms with Crippen LogP contribution in [-0.2, 0) is 21.2 Å². The van der Waals surface area contributed by atoms with E-state index in [1.807, 2.05) is 49.6 Å². The van der Waals surface area contributed by atoms with E-state index in [0.717, 1.165) is 21.7 Å². The van der Waals surface area contributed by atoms with Crippen LogP contribution >= 0.6 is 23.1 Å². The van der Waals surface area contributed by atoms with E-state index in [-0.39, 0.29) is 29.2 Å². The Morgan fingerprint density at radius 3 is 2.84 bits per heavy atom. The van der Waals surface area contributed by atoms with Gasteiger partial charge >= 0.3 is 0 Å². The van der Waals surface area contributed by atoms with Gasteiger partial charge in [0.2, 0.25) is 11.1 Å². The van der Waals surface area contributed by atoms with E-state index >= 15 is 0 Å². The highest BCUT2D eigenvalue weighted by Gasteiger charge is 2.35. The minimum atomic E-state index is -3.10. The largest absolute Gasteiger partial charge is 0.333 e. The lowest BCUT2D eigenvalue weighted by molar-refractivity contribution is -0.130. The third-order valence-corrected chi connectivity index (χ3v) is 8.96. The summed E-state index contributed by atoms with van der Waals surface area (Å²) in [5.74, 6) is 0.169. The summed E-state index contributed by atoms with van der Waals surface area (Å²) in [6.45, 7) is 4.45. The molecule has 1 aromatic carbocycles. The second kappa shape index (κ2) is 9.09. The number of carbonyl (C=O) groups excluding carboxylic acids is 1. The van der Waals surface area contributed by atoms with Crippen molar-refractivity contribution in [2.45, 2.75) is 38.0 Å². The van der Waals surface area contributed by atoms with Crippen LogP contribution in [-0.4, -0.2) is 62.7 Å². The molecule has 1 fully saturated rings. The summed E-state index contributed by atoms with van der Waals surface area (Å²) in [6, 6.07) is 9.51. The van der Waals surface area contributed by atoms with Gasteiger partial charge in [0.05, 0.1) is 29.5 Å². The van der Waals surface area contributed by atoms with Crippen molar-refractivity contribution in [3.05, 3.63) is 51.7 Å². The van der Waals surface area contributed by atoms with E-state index in [1.54, 1.807) is 20.9 Å². The number of sulfone groups is 1. The zero-order valence-electron chi connectivity index (χ0n) is 17.3. The van der Waals surface area contributed by atoms with Crippen molar-refractivity contribution in [2.24, 2.45) is 0 Å². The average Bonchev–Trinajstić information content (AvgIpc) is 3.47. The molecule has 0 N–H and O–H groups in total. The van der Waals surface area contributed by atoms with E-state index in [4.69, 9.17) is 0 Å². The van der Waals surface area contributed by atoms with Crippen LogP contribution in [0.4, 0.5) is 0 Å². The van der Waals surface area contributed by atoms with Gasteiger partial charge in [0, 0.05) is 10.9 Å². The molecular weight excluding hydrogens is 454 g/mol. The topological polar surface area (TPSA) is 98.1 Å². The molecule has 1 atom stereocenters. The molecule has 1 aliphatic rings. The summed E-state index contributed by atoms with van der Waals surface area (Å²) in [5, 5.41) is 14.5. The highest BCUT2D eigenvalue weighted by atomic mass is 32.2. The molecule has 0 spiro atoms. The highest BCUT2D eigenvalue weighted by Crippen LogP contribution is 2.26. The number of thiophene rings is 1. The lowest BCUT2D eigenvalue weighted by Gasteiger charge is -2.27. The van der Waals surface area contributed by atoms with Gasteiger partial charge in [0.15, 0.2) is 9.84 Å². The number of hydrogen-bond acceptors (Lipinski definition) is 8. The van der Waals surface area contributed by atoms with E-state index in [0.29, 0.717) is 18.1 Å². The summed E-state index contributed by atoms with van der Waals surface area (Å²) in [7, 11) is -3.10. The molecule has 4 rings (SSSR count). The number of nitrogens with zero attached hydrogens (tertiary/aromatic N) is 5. The fourth-order valence-electron chi connectivity index (χ4n) is 3.61. The molecular formula is C20H23N5O3S3. The van der Waals surface area contributed by atoms with E-state index in [2.05, 4.69) is 15.5 Å². The molecule has 3 heterocycles. The van der Waals surface area contributed by atoms with Crippen LogP contribution in [0.25, 0.3) is 5.69 Å². The number of amides is 1. The van der Waals surface area contributed by atoms with Crippen LogP contribution in [0.5, 0.6) is 0 Å². The first-order valence-electron chi connectivity index (χ1n) is 9.84. The Balaban J connectivity index is 1.51. The number of rotatable bonds is 7. The molecule has 8 nitrogen and oxygen atoms in total. The number of benzene rings is 1.